The molecule has 2 aromatic heterocycles. The molecule has 1 amide bonds. The molecular formula is C25H29N3O2S. The fourth-order valence-electron chi connectivity index (χ4n) is 4.52. The van der Waals surface area contributed by atoms with Gasteiger partial charge in [-0.1, -0.05) is 24.3 Å². The standard InChI is InChI=1S/C25H29N3O2S/c1-17-13-19(14-18(2)24(17)29)15-28-11-5-7-20(16-28)23(21-8-3-4-10-26-21)27-25(30)22-9-6-12-31-22/h3-4,6,8-10,12-14,20,23,29H,5,7,11,15-16H2,1-2H3,(H,27,30). The lowest BCUT2D eigenvalue weighted by Crippen LogP contribution is -2.43. The Kier molecular flexibility index (Phi) is 6.68. The predicted octanol–water partition coefficient (Wildman–Crippen LogP) is 4.85. The number of piperidine rings is 1. The number of phenols is 1. The summed E-state index contributed by atoms with van der Waals surface area (Å²) in [5.41, 5.74) is 3.96. The third-order valence-corrected chi connectivity index (χ3v) is 6.88. The summed E-state index contributed by atoms with van der Waals surface area (Å²) in [7, 11) is 0. The van der Waals surface area contributed by atoms with Gasteiger partial charge in [-0.15, -0.1) is 11.3 Å². The number of thiophene rings is 1. The smallest absolute Gasteiger partial charge is 0.261 e. The van der Waals surface area contributed by atoms with E-state index in [1.807, 2.05) is 49.6 Å². The van der Waals surface area contributed by atoms with Crippen LogP contribution in [0.3, 0.4) is 0 Å². The molecule has 2 N–H and O–H groups in total. The number of benzene rings is 1. The number of rotatable bonds is 6. The highest BCUT2D eigenvalue weighted by atomic mass is 32.1. The molecule has 3 aromatic rings. The fraction of sp³-hybridized carbons (Fsp3) is 0.360. The van der Waals surface area contributed by atoms with Crippen LogP contribution in [0.15, 0.2) is 54.0 Å². The zero-order valence-corrected chi connectivity index (χ0v) is 18.9. The Morgan fingerprint density at radius 3 is 2.74 bits per heavy atom. The van der Waals surface area contributed by atoms with Crippen LogP contribution >= 0.6 is 11.3 Å². The number of nitrogens with zero attached hydrogens (tertiary/aromatic N) is 2. The Balaban J connectivity index is 1.52. The maximum Gasteiger partial charge on any atom is 0.261 e. The molecule has 1 saturated heterocycles. The van der Waals surface area contributed by atoms with Crippen LogP contribution in [-0.4, -0.2) is 34.0 Å². The Labute approximate surface area is 187 Å². The van der Waals surface area contributed by atoms with E-state index in [-0.39, 0.29) is 17.9 Å². The molecule has 0 radical (unpaired) electrons. The Morgan fingerprint density at radius 1 is 1.26 bits per heavy atom. The van der Waals surface area contributed by atoms with E-state index in [2.05, 4.69) is 27.3 Å². The van der Waals surface area contributed by atoms with Gasteiger partial charge in [-0.25, -0.2) is 0 Å². The summed E-state index contributed by atoms with van der Waals surface area (Å²) in [6.07, 6.45) is 3.93. The van der Waals surface area contributed by atoms with E-state index >= 15 is 0 Å². The first kappa shape index (κ1) is 21.5. The van der Waals surface area contributed by atoms with E-state index in [0.717, 1.165) is 54.2 Å². The van der Waals surface area contributed by atoms with E-state index in [4.69, 9.17) is 0 Å². The van der Waals surface area contributed by atoms with Gasteiger partial charge in [-0.2, -0.15) is 0 Å². The zero-order chi connectivity index (χ0) is 21.8. The summed E-state index contributed by atoms with van der Waals surface area (Å²) in [6, 6.07) is 13.7. The van der Waals surface area contributed by atoms with Crippen LogP contribution in [0.1, 0.15) is 50.9 Å². The molecule has 0 aliphatic carbocycles. The third-order valence-electron chi connectivity index (χ3n) is 6.01. The number of aryl methyl sites for hydroxylation is 2. The van der Waals surface area contributed by atoms with Crippen molar-refractivity contribution in [3.63, 3.8) is 0 Å². The maximum atomic E-state index is 12.8. The number of hydrogen-bond donors (Lipinski definition) is 2. The zero-order valence-electron chi connectivity index (χ0n) is 18.0. The second kappa shape index (κ2) is 9.62. The van der Waals surface area contributed by atoms with Gasteiger partial charge in [-0.3, -0.25) is 14.7 Å². The highest BCUT2D eigenvalue weighted by Crippen LogP contribution is 2.31. The molecule has 1 aliphatic heterocycles. The average Bonchev–Trinajstić information content (AvgIpc) is 3.31. The van der Waals surface area contributed by atoms with Gasteiger partial charge in [0.05, 0.1) is 16.6 Å². The molecule has 1 aliphatic rings. The van der Waals surface area contributed by atoms with Gasteiger partial charge < -0.3 is 10.4 Å². The molecular weight excluding hydrogens is 406 g/mol. The van der Waals surface area contributed by atoms with Crippen molar-refractivity contribution in [3.8, 4) is 5.75 Å². The summed E-state index contributed by atoms with van der Waals surface area (Å²) in [4.78, 5) is 20.6. The number of carbonyl (C=O) groups is 1. The van der Waals surface area contributed by atoms with E-state index in [0.29, 0.717) is 5.75 Å². The number of phenolic OH excluding ortho intramolecular Hbond substituents is 1. The molecule has 1 aromatic carbocycles. The number of aromatic nitrogens is 1. The normalized spacial score (nSPS) is 17.9. The lowest BCUT2D eigenvalue weighted by atomic mass is 9.88. The molecule has 162 valence electrons. The van der Waals surface area contributed by atoms with Crippen molar-refractivity contribution in [2.24, 2.45) is 5.92 Å². The van der Waals surface area contributed by atoms with E-state index in [1.54, 1.807) is 6.20 Å². The number of likely N-dealkylation sites (tertiary alicyclic amines) is 1. The van der Waals surface area contributed by atoms with Crippen molar-refractivity contribution in [1.29, 1.82) is 0 Å². The lowest BCUT2D eigenvalue weighted by Gasteiger charge is -2.37. The van der Waals surface area contributed by atoms with Crippen molar-refractivity contribution >= 4 is 17.2 Å². The number of amides is 1. The molecule has 31 heavy (non-hydrogen) atoms. The van der Waals surface area contributed by atoms with Gasteiger partial charge in [0.2, 0.25) is 0 Å². The first-order chi connectivity index (χ1) is 15.0. The Hall–Kier alpha value is -2.70. The van der Waals surface area contributed by atoms with Gasteiger partial charge in [0, 0.05) is 19.3 Å². The monoisotopic (exact) mass is 435 g/mol. The number of hydrogen-bond acceptors (Lipinski definition) is 5. The van der Waals surface area contributed by atoms with Crippen LogP contribution in [0.5, 0.6) is 5.75 Å². The maximum absolute atomic E-state index is 12.8. The highest BCUT2D eigenvalue weighted by molar-refractivity contribution is 7.12. The van der Waals surface area contributed by atoms with Crippen molar-refractivity contribution in [2.75, 3.05) is 13.1 Å². The minimum absolute atomic E-state index is 0.0347. The second-order valence-corrected chi connectivity index (χ2v) is 9.35. The summed E-state index contributed by atoms with van der Waals surface area (Å²) < 4.78 is 0. The number of nitrogens with one attached hydrogen (secondary N) is 1. The van der Waals surface area contributed by atoms with E-state index < -0.39 is 0 Å². The Bertz CT molecular complexity index is 998. The molecule has 0 spiro atoms. The summed E-state index contributed by atoms with van der Waals surface area (Å²) >= 11 is 1.46. The SMILES string of the molecule is Cc1cc(CN2CCCC(C(NC(=O)c3cccs3)c3ccccn3)C2)cc(C)c1O. The molecule has 0 saturated carbocycles. The topological polar surface area (TPSA) is 65.5 Å². The minimum atomic E-state index is -0.123. The summed E-state index contributed by atoms with van der Waals surface area (Å²) in [5.74, 6) is 0.631. The van der Waals surface area contributed by atoms with Crippen molar-refractivity contribution in [2.45, 2.75) is 39.3 Å². The van der Waals surface area contributed by atoms with E-state index in [9.17, 15) is 9.90 Å². The van der Waals surface area contributed by atoms with Gasteiger partial charge in [0.25, 0.3) is 5.91 Å². The van der Waals surface area contributed by atoms with Gasteiger partial charge >= 0.3 is 0 Å². The van der Waals surface area contributed by atoms with Crippen molar-refractivity contribution in [1.82, 2.24) is 15.2 Å². The first-order valence-corrected chi connectivity index (χ1v) is 11.7. The Morgan fingerprint density at radius 2 is 2.06 bits per heavy atom. The van der Waals surface area contributed by atoms with E-state index in [1.165, 1.54) is 16.9 Å². The summed E-state index contributed by atoms with van der Waals surface area (Å²) in [6.45, 7) is 6.66. The molecule has 2 atom stereocenters. The van der Waals surface area contributed by atoms with Crippen LogP contribution < -0.4 is 5.32 Å². The molecule has 1 fully saturated rings. The highest BCUT2D eigenvalue weighted by Gasteiger charge is 2.31. The van der Waals surface area contributed by atoms with Crippen LogP contribution in [0.25, 0.3) is 0 Å². The molecule has 3 heterocycles. The predicted molar refractivity (Wildman–Crippen MR) is 124 cm³/mol. The molecule has 5 nitrogen and oxygen atoms in total. The second-order valence-electron chi connectivity index (χ2n) is 8.40. The van der Waals surface area contributed by atoms with Crippen molar-refractivity contribution < 1.29 is 9.90 Å². The quantitative estimate of drug-likeness (QED) is 0.581. The summed E-state index contributed by atoms with van der Waals surface area (Å²) in [5, 5.41) is 15.3. The van der Waals surface area contributed by atoms with Crippen LogP contribution in [-0.2, 0) is 6.54 Å². The van der Waals surface area contributed by atoms with Crippen LogP contribution in [0.4, 0.5) is 0 Å². The van der Waals surface area contributed by atoms with Crippen LogP contribution in [0, 0.1) is 19.8 Å². The van der Waals surface area contributed by atoms with Gasteiger partial charge in [-0.05, 0) is 79.4 Å². The first-order valence-electron chi connectivity index (χ1n) is 10.8. The van der Waals surface area contributed by atoms with Crippen LogP contribution in [0.2, 0.25) is 0 Å². The largest absolute Gasteiger partial charge is 0.507 e. The molecule has 6 heteroatoms. The fourth-order valence-corrected chi connectivity index (χ4v) is 5.14. The molecule has 2 unspecified atom stereocenters. The van der Waals surface area contributed by atoms with Gasteiger partial charge in [0.1, 0.15) is 5.75 Å². The number of carbonyl (C=O) groups excluding carboxylic acids is 1. The van der Waals surface area contributed by atoms with Gasteiger partial charge in [0.15, 0.2) is 0 Å². The third kappa shape index (κ3) is 5.14. The lowest BCUT2D eigenvalue weighted by molar-refractivity contribution is 0.0879. The van der Waals surface area contributed by atoms with Crippen molar-refractivity contribution in [3.05, 3.63) is 81.3 Å². The number of pyridine rings is 1. The molecule has 0 bridgehead atoms. The average molecular weight is 436 g/mol. The molecule has 4 rings (SSSR count). The number of aromatic hydroxyl groups is 1. The minimum Gasteiger partial charge on any atom is -0.507 e.